The van der Waals surface area contributed by atoms with Crippen molar-refractivity contribution in [1.82, 2.24) is 5.43 Å². The van der Waals surface area contributed by atoms with E-state index in [1.807, 2.05) is 42.6 Å². The molecule has 0 saturated carbocycles. The first kappa shape index (κ1) is 18.9. The number of thiophene rings is 1. The summed E-state index contributed by atoms with van der Waals surface area (Å²) in [7, 11) is 0. The Hall–Kier alpha value is -2.47. The molecule has 2 amide bonds. The zero-order valence-corrected chi connectivity index (χ0v) is 15.4. The first-order valence-corrected chi connectivity index (χ1v) is 9.26. The van der Waals surface area contributed by atoms with Gasteiger partial charge in [-0.05, 0) is 42.5 Å². The standard InChI is InChI=1S/C19H23N3O2S/c1-3-4-5-11-18(23)22-21-14(2)15-8-6-9-16(13-15)20-19(24)17-10-7-12-25-17/h6-10,12-13H,3-5,11H2,1-2H3,(H,20,24)(H,22,23)/b21-14-. The molecule has 2 N–H and O–H groups in total. The van der Waals surface area contributed by atoms with Crippen molar-refractivity contribution in [3.05, 3.63) is 52.2 Å². The minimum absolute atomic E-state index is 0.0741. The number of amides is 2. The van der Waals surface area contributed by atoms with E-state index in [1.165, 1.54) is 11.3 Å². The van der Waals surface area contributed by atoms with Gasteiger partial charge in [0.1, 0.15) is 0 Å². The van der Waals surface area contributed by atoms with Crippen LogP contribution in [0.1, 0.15) is 54.8 Å². The quantitative estimate of drug-likeness (QED) is 0.417. The van der Waals surface area contributed by atoms with Gasteiger partial charge in [0.2, 0.25) is 5.91 Å². The van der Waals surface area contributed by atoms with Crippen LogP contribution in [0.2, 0.25) is 0 Å². The van der Waals surface area contributed by atoms with E-state index in [-0.39, 0.29) is 11.8 Å². The maximum atomic E-state index is 12.1. The van der Waals surface area contributed by atoms with Crippen molar-refractivity contribution in [1.29, 1.82) is 0 Å². The molecule has 0 atom stereocenters. The van der Waals surface area contributed by atoms with Gasteiger partial charge in [-0.3, -0.25) is 9.59 Å². The average molecular weight is 357 g/mol. The Morgan fingerprint density at radius 2 is 2.00 bits per heavy atom. The van der Waals surface area contributed by atoms with Gasteiger partial charge in [0, 0.05) is 12.1 Å². The number of carbonyl (C=O) groups excluding carboxylic acids is 2. The van der Waals surface area contributed by atoms with E-state index in [2.05, 4.69) is 22.8 Å². The lowest BCUT2D eigenvalue weighted by molar-refractivity contribution is -0.121. The maximum absolute atomic E-state index is 12.1. The van der Waals surface area contributed by atoms with E-state index >= 15 is 0 Å². The monoisotopic (exact) mass is 357 g/mol. The second-order valence-corrected chi connectivity index (χ2v) is 6.65. The van der Waals surface area contributed by atoms with Gasteiger partial charge in [-0.2, -0.15) is 5.10 Å². The normalized spacial score (nSPS) is 11.2. The number of hydrazone groups is 1. The van der Waals surface area contributed by atoms with E-state index < -0.39 is 0 Å². The number of hydrogen-bond donors (Lipinski definition) is 2. The number of anilines is 1. The molecule has 1 aromatic heterocycles. The third kappa shape index (κ3) is 6.15. The lowest BCUT2D eigenvalue weighted by Gasteiger charge is -2.07. The molecular formula is C19H23N3O2S. The molecule has 5 nitrogen and oxygen atoms in total. The fourth-order valence-corrected chi connectivity index (χ4v) is 2.84. The largest absolute Gasteiger partial charge is 0.321 e. The Morgan fingerprint density at radius 3 is 2.72 bits per heavy atom. The van der Waals surface area contributed by atoms with Crippen LogP contribution < -0.4 is 10.7 Å². The molecule has 6 heteroatoms. The smallest absolute Gasteiger partial charge is 0.265 e. The van der Waals surface area contributed by atoms with Gasteiger partial charge >= 0.3 is 0 Å². The maximum Gasteiger partial charge on any atom is 0.265 e. The topological polar surface area (TPSA) is 70.6 Å². The van der Waals surface area contributed by atoms with Gasteiger partial charge in [-0.25, -0.2) is 5.43 Å². The molecule has 2 rings (SSSR count). The van der Waals surface area contributed by atoms with Crippen molar-refractivity contribution in [2.24, 2.45) is 5.10 Å². The number of nitrogens with one attached hydrogen (secondary N) is 2. The fraction of sp³-hybridized carbons (Fsp3) is 0.316. The van der Waals surface area contributed by atoms with Crippen molar-refractivity contribution in [3.8, 4) is 0 Å². The summed E-state index contributed by atoms with van der Waals surface area (Å²) in [4.78, 5) is 24.5. The van der Waals surface area contributed by atoms with Crippen molar-refractivity contribution >= 4 is 34.6 Å². The summed E-state index contributed by atoms with van der Waals surface area (Å²) in [5, 5.41) is 8.88. The zero-order chi connectivity index (χ0) is 18.1. The number of unbranched alkanes of at least 4 members (excludes halogenated alkanes) is 2. The fourth-order valence-electron chi connectivity index (χ4n) is 2.22. The molecule has 0 aliphatic heterocycles. The number of carbonyl (C=O) groups is 2. The molecule has 1 heterocycles. The highest BCUT2D eigenvalue weighted by Crippen LogP contribution is 2.15. The summed E-state index contributed by atoms with van der Waals surface area (Å²) >= 11 is 1.40. The molecule has 25 heavy (non-hydrogen) atoms. The third-order valence-corrected chi connectivity index (χ3v) is 4.51. The minimum Gasteiger partial charge on any atom is -0.321 e. The number of benzene rings is 1. The van der Waals surface area contributed by atoms with Gasteiger partial charge < -0.3 is 5.32 Å². The number of hydrogen-bond acceptors (Lipinski definition) is 4. The summed E-state index contributed by atoms with van der Waals surface area (Å²) in [6.07, 6.45) is 3.49. The van der Waals surface area contributed by atoms with Crippen LogP contribution >= 0.6 is 11.3 Å². The van der Waals surface area contributed by atoms with Crippen molar-refractivity contribution < 1.29 is 9.59 Å². The highest BCUT2D eigenvalue weighted by molar-refractivity contribution is 7.12. The number of rotatable bonds is 8. The molecule has 0 fully saturated rings. The molecule has 0 aliphatic carbocycles. The second kappa shape index (κ2) is 9.74. The van der Waals surface area contributed by atoms with Gasteiger partial charge in [0.05, 0.1) is 10.6 Å². The average Bonchev–Trinajstić information content (AvgIpc) is 3.15. The molecule has 0 saturated heterocycles. The van der Waals surface area contributed by atoms with Crippen LogP contribution in [0.25, 0.3) is 0 Å². The molecule has 2 aromatic rings. The summed E-state index contributed by atoms with van der Waals surface area (Å²) in [5.74, 6) is -0.207. The van der Waals surface area contributed by atoms with E-state index in [0.717, 1.165) is 24.8 Å². The molecular weight excluding hydrogens is 334 g/mol. The van der Waals surface area contributed by atoms with Gasteiger partial charge in [0.15, 0.2) is 0 Å². The van der Waals surface area contributed by atoms with Crippen LogP contribution in [0.15, 0.2) is 46.9 Å². The first-order valence-electron chi connectivity index (χ1n) is 8.38. The van der Waals surface area contributed by atoms with E-state index in [4.69, 9.17) is 0 Å². The highest BCUT2D eigenvalue weighted by atomic mass is 32.1. The predicted octanol–water partition coefficient (Wildman–Crippen LogP) is 4.42. The van der Waals surface area contributed by atoms with Crippen molar-refractivity contribution in [2.75, 3.05) is 5.32 Å². The summed E-state index contributed by atoms with van der Waals surface area (Å²) < 4.78 is 0. The summed E-state index contributed by atoms with van der Waals surface area (Å²) in [6, 6.07) is 11.0. The highest BCUT2D eigenvalue weighted by Gasteiger charge is 2.08. The van der Waals surface area contributed by atoms with Gasteiger partial charge in [-0.15, -0.1) is 11.3 Å². The van der Waals surface area contributed by atoms with E-state index in [1.54, 1.807) is 6.07 Å². The summed E-state index contributed by atoms with van der Waals surface area (Å²) in [6.45, 7) is 3.93. The molecule has 0 spiro atoms. The summed E-state index contributed by atoms with van der Waals surface area (Å²) in [5.41, 5.74) is 4.82. The van der Waals surface area contributed by atoms with Crippen LogP contribution in [-0.4, -0.2) is 17.5 Å². The van der Waals surface area contributed by atoms with Gasteiger partial charge in [0.25, 0.3) is 5.91 Å². The molecule has 0 unspecified atom stereocenters. The van der Waals surface area contributed by atoms with Crippen LogP contribution in [0.5, 0.6) is 0 Å². The molecule has 0 aliphatic rings. The van der Waals surface area contributed by atoms with Crippen molar-refractivity contribution in [2.45, 2.75) is 39.5 Å². The number of nitrogens with zero attached hydrogens (tertiary/aromatic N) is 1. The van der Waals surface area contributed by atoms with Crippen molar-refractivity contribution in [3.63, 3.8) is 0 Å². The first-order chi connectivity index (χ1) is 12.1. The second-order valence-electron chi connectivity index (χ2n) is 5.70. The van der Waals surface area contributed by atoms with Crippen LogP contribution in [0.3, 0.4) is 0 Å². The Labute approximate surface area is 152 Å². The molecule has 132 valence electrons. The predicted molar refractivity (Wildman–Crippen MR) is 103 cm³/mol. The van der Waals surface area contributed by atoms with E-state index in [9.17, 15) is 9.59 Å². The van der Waals surface area contributed by atoms with Gasteiger partial charge in [-0.1, -0.05) is 38.0 Å². The Bertz CT molecular complexity index is 739. The Kier molecular flexibility index (Phi) is 7.35. The Balaban J connectivity index is 1.96. The lowest BCUT2D eigenvalue weighted by Crippen LogP contribution is -2.18. The minimum atomic E-state index is -0.133. The van der Waals surface area contributed by atoms with Crippen LogP contribution in [0.4, 0.5) is 5.69 Å². The molecule has 0 bridgehead atoms. The van der Waals surface area contributed by atoms with Crippen LogP contribution in [0, 0.1) is 0 Å². The zero-order valence-electron chi connectivity index (χ0n) is 14.5. The lowest BCUT2D eigenvalue weighted by atomic mass is 10.1. The molecule has 1 aromatic carbocycles. The third-order valence-electron chi connectivity index (χ3n) is 3.64. The van der Waals surface area contributed by atoms with Crippen LogP contribution in [-0.2, 0) is 4.79 Å². The van der Waals surface area contributed by atoms with E-state index in [0.29, 0.717) is 22.7 Å². The Morgan fingerprint density at radius 1 is 1.16 bits per heavy atom. The SMILES string of the molecule is CCCCCC(=O)N/N=C(/C)c1cccc(NC(=O)c2cccs2)c1. The molecule has 0 radical (unpaired) electrons.